The number of nitrogens with zero attached hydrogens (tertiary/aromatic N) is 4. The normalized spacial score (nSPS) is 16.9. The zero-order chi connectivity index (χ0) is 32.5. The summed E-state index contributed by atoms with van der Waals surface area (Å²) in [5.74, 6) is -3.25. The van der Waals surface area contributed by atoms with Crippen LogP contribution in [0.5, 0.6) is 5.88 Å². The minimum Gasteiger partial charge on any atom is -0.476 e. The van der Waals surface area contributed by atoms with E-state index in [1.165, 1.54) is 59.4 Å². The summed E-state index contributed by atoms with van der Waals surface area (Å²) < 4.78 is 107. The lowest BCUT2D eigenvalue weighted by atomic mass is 9.94. The van der Waals surface area contributed by atoms with E-state index in [1.807, 2.05) is 0 Å². The first-order chi connectivity index (χ1) is 21.2. The molecule has 0 unspecified atom stereocenters. The Morgan fingerprint density at radius 3 is 2.49 bits per heavy atom. The second-order valence-electron chi connectivity index (χ2n) is 11.3. The molecule has 3 aromatic heterocycles. The van der Waals surface area contributed by atoms with E-state index in [0.717, 1.165) is 13.8 Å². The Morgan fingerprint density at radius 1 is 0.933 bits per heavy atom. The second-order valence-corrected chi connectivity index (χ2v) is 12.9. The Labute approximate surface area is 256 Å². The van der Waals surface area contributed by atoms with Crippen molar-refractivity contribution in [3.63, 3.8) is 0 Å². The van der Waals surface area contributed by atoms with E-state index < -0.39 is 40.6 Å². The van der Waals surface area contributed by atoms with Gasteiger partial charge in [0.25, 0.3) is 15.9 Å². The number of pyridine rings is 2. The molecule has 45 heavy (non-hydrogen) atoms. The van der Waals surface area contributed by atoms with Crippen molar-refractivity contribution in [2.24, 2.45) is 5.41 Å². The van der Waals surface area contributed by atoms with Crippen molar-refractivity contribution in [1.29, 1.82) is 0 Å². The van der Waals surface area contributed by atoms with Gasteiger partial charge in [-0.1, -0.05) is 36.8 Å². The maximum Gasteiger partial charge on any atom is 0.397 e. The molecular weight excluding hydrogens is 619 g/mol. The number of benzene rings is 1. The van der Waals surface area contributed by atoms with Gasteiger partial charge in [-0.2, -0.15) is 21.6 Å². The molecule has 2 N–H and O–H groups in total. The topological polar surface area (TPSA) is 111 Å². The van der Waals surface area contributed by atoms with Crippen LogP contribution in [0.15, 0.2) is 71.9 Å². The largest absolute Gasteiger partial charge is 0.476 e. The minimum atomic E-state index is -4.52. The first-order valence-corrected chi connectivity index (χ1v) is 15.6. The second kappa shape index (κ2) is 12.3. The summed E-state index contributed by atoms with van der Waals surface area (Å²) in [5.41, 5.74) is -2.32. The van der Waals surface area contributed by atoms with Gasteiger partial charge in [0.15, 0.2) is 5.03 Å². The number of rotatable bonds is 4. The number of anilines is 2. The Bertz CT molecular complexity index is 1780. The number of hydrogen-bond acceptors (Lipinski definition) is 7. The number of nitrogens with one attached hydrogen (secondary N) is 2. The molecular formula is C30H31F5N6O3S. The molecule has 1 aliphatic heterocycles. The van der Waals surface area contributed by atoms with Crippen molar-refractivity contribution in [2.45, 2.75) is 56.7 Å². The number of alkyl halides is 5. The number of sulfonamides is 1. The van der Waals surface area contributed by atoms with Crippen LogP contribution in [0.4, 0.5) is 33.6 Å². The molecule has 5 rings (SSSR count). The highest BCUT2D eigenvalue weighted by molar-refractivity contribution is 7.92. The SMILES string of the molecule is CC(C)(COc1ccn(-c2ccc3nc2-c2ccccc2C(F)(F)CCCCCNc2cccc(n2)S(=O)(=O)N3)n1)C(F)(F)F. The number of hydrogen-bond donors (Lipinski definition) is 2. The van der Waals surface area contributed by atoms with Crippen molar-refractivity contribution in [2.75, 3.05) is 23.2 Å². The minimum absolute atomic E-state index is 0.0285. The number of fused-ring (bicyclic) bond motifs is 6. The average molecular weight is 651 g/mol. The Balaban J connectivity index is 1.60. The zero-order valence-electron chi connectivity index (χ0n) is 24.4. The van der Waals surface area contributed by atoms with Gasteiger partial charge in [0.1, 0.15) is 18.2 Å². The Hall–Kier alpha value is -4.27. The predicted molar refractivity (Wildman–Crippen MR) is 158 cm³/mol. The summed E-state index contributed by atoms with van der Waals surface area (Å²) in [7, 11) is -4.24. The molecule has 240 valence electrons. The summed E-state index contributed by atoms with van der Waals surface area (Å²) in [5, 5.41) is 6.97. The van der Waals surface area contributed by atoms with Gasteiger partial charge < -0.3 is 10.1 Å². The summed E-state index contributed by atoms with van der Waals surface area (Å²) in [6.45, 7) is 1.70. The predicted octanol–water partition coefficient (Wildman–Crippen LogP) is 7.18. The Kier molecular flexibility index (Phi) is 8.75. The highest BCUT2D eigenvalue weighted by Gasteiger charge is 2.48. The molecule has 0 fully saturated rings. The van der Waals surface area contributed by atoms with Gasteiger partial charge >= 0.3 is 6.18 Å². The van der Waals surface area contributed by atoms with Crippen LogP contribution < -0.4 is 14.8 Å². The van der Waals surface area contributed by atoms with Crippen LogP contribution in [-0.2, 0) is 15.9 Å². The van der Waals surface area contributed by atoms with E-state index in [-0.39, 0.29) is 45.7 Å². The lowest BCUT2D eigenvalue weighted by molar-refractivity contribution is -0.219. The first-order valence-electron chi connectivity index (χ1n) is 14.1. The van der Waals surface area contributed by atoms with Gasteiger partial charge in [-0.15, -0.1) is 5.10 Å². The van der Waals surface area contributed by atoms with Crippen LogP contribution >= 0.6 is 0 Å². The monoisotopic (exact) mass is 650 g/mol. The van der Waals surface area contributed by atoms with Gasteiger partial charge in [0, 0.05) is 36.4 Å². The van der Waals surface area contributed by atoms with Gasteiger partial charge in [-0.05, 0) is 51.0 Å². The van der Waals surface area contributed by atoms with Crippen LogP contribution in [0.25, 0.3) is 16.9 Å². The molecule has 4 aromatic rings. The molecule has 0 spiro atoms. The maximum absolute atomic E-state index is 15.8. The van der Waals surface area contributed by atoms with E-state index in [9.17, 15) is 21.6 Å². The van der Waals surface area contributed by atoms with Gasteiger partial charge in [-0.25, -0.2) is 23.4 Å². The molecule has 0 atom stereocenters. The highest BCUT2D eigenvalue weighted by Crippen LogP contribution is 2.41. The van der Waals surface area contributed by atoms with Gasteiger partial charge in [0.2, 0.25) is 5.88 Å². The smallest absolute Gasteiger partial charge is 0.397 e. The van der Waals surface area contributed by atoms with Crippen LogP contribution in [0.3, 0.4) is 0 Å². The molecule has 1 aliphatic rings. The number of ether oxygens (including phenoxy) is 1. The summed E-state index contributed by atoms with van der Waals surface area (Å²) >= 11 is 0. The van der Waals surface area contributed by atoms with Gasteiger partial charge in [-0.3, -0.25) is 4.72 Å². The molecule has 4 heterocycles. The molecule has 0 radical (unpaired) electrons. The molecule has 4 bridgehead atoms. The fourth-order valence-corrected chi connectivity index (χ4v) is 5.58. The number of halogens is 5. The summed E-state index contributed by atoms with van der Waals surface area (Å²) in [4.78, 5) is 8.63. The molecule has 0 saturated heterocycles. The molecule has 0 saturated carbocycles. The van der Waals surface area contributed by atoms with Crippen molar-refractivity contribution >= 4 is 21.7 Å². The summed E-state index contributed by atoms with van der Waals surface area (Å²) in [6.07, 6.45) is -2.29. The van der Waals surface area contributed by atoms with E-state index in [4.69, 9.17) is 4.74 Å². The van der Waals surface area contributed by atoms with Gasteiger partial charge in [0.05, 0.1) is 16.8 Å². The number of aromatic nitrogens is 4. The van der Waals surface area contributed by atoms with E-state index in [1.54, 1.807) is 12.1 Å². The third kappa shape index (κ3) is 7.18. The fourth-order valence-electron chi connectivity index (χ4n) is 4.61. The zero-order valence-corrected chi connectivity index (χ0v) is 25.2. The highest BCUT2D eigenvalue weighted by atomic mass is 32.2. The third-order valence-electron chi connectivity index (χ3n) is 7.32. The Morgan fingerprint density at radius 2 is 1.71 bits per heavy atom. The van der Waals surface area contributed by atoms with Crippen LogP contribution in [0, 0.1) is 5.41 Å². The fraction of sp³-hybridized carbons (Fsp3) is 0.367. The third-order valence-corrected chi connectivity index (χ3v) is 8.58. The average Bonchev–Trinajstić information content (AvgIpc) is 3.46. The van der Waals surface area contributed by atoms with E-state index in [2.05, 4.69) is 25.1 Å². The van der Waals surface area contributed by atoms with Crippen molar-refractivity contribution < 1.29 is 35.1 Å². The van der Waals surface area contributed by atoms with Crippen LogP contribution in [-0.4, -0.2) is 47.5 Å². The maximum atomic E-state index is 15.8. The van der Waals surface area contributed by atoms with Crippen LogP contribution in [0.2, 0.25) is 0 Å². The lowest BCUT2D eigenvalue weighted by Crippen LogP contribution is -2.37. The molecule has 15 heteroatoms. The van der Waals surface area contributed by atoms with E-state index in [0.29, 0.717) is 25.2 Å². The molecule has 1 aromatic carbocycles. The van der Waals surface area contributed by atoms with Crippen LogP contribution in [0.1, 0.15) is 45.1 Å². The van der Waals surface area contributed by atoms with Crippen molar-refractivity contribution in [3.05, 3.63) is 72.4 Å². The quantitative estimate of drug-likeness (QED) is 0.225. The van der Waals surface area contributed by atoms with E-state index >= 15 is 8.78 Å². The molecule has 0 amide bonds. The molecule has 0 aliphatic carbocycles. The standard InChI is InChI=1S/C30H31F5N6O3S/c1-28(2,30(33,34)35)19-44-25-15-18-41(39-25)22-13-14-24-38-27(22)20-9-4-5-10-21(20)29(31,32)16-6-3-7-17-36-23-11-8-12-26(37-23)45(42,43)40-24/h4-5,8-15,18H,3,6-7,16-17,19H2,1-2H3,(H,36,37)(H,38,40). The van der Waals surface area contributed by atoms with Crippen molar-refractivity contribution in [1.82, 2.24) is 19.7 Å². The van der Waals surface area contributed by atoms with Crippen molar-refractivity contribution in [3.8, 4) is 22.8 Å². The lowest BCUT2D eigenvalue weighted by Gasteiger charge is -2.26. The molecule has 9 nitrogen and oxygen atoms in total. The summed E-state index contributed by atoms with van der Waals surface area (Å²) in [6, 6.07) is 14.3. The first kappa shape index (κ1) is 32.1.